The first kappa shape index (κ1) is 21.9. The number of nitrogens with one attached hydrogen (secondary N) is 1. The van der Waals surface area contributed by atoms with Gasteiger partial charge in [-0.3, -0.25) is 9.48 Å². The number of hydrogen-bond acceptors (Lipinski definition) is 6. The third kappa shape index (κ3) is 5.68. The quantitative estimate of drug-likeness (QED) is 0.403. The molecule has 1 amide bonds. The van der Waals surface area contributed by atoms with Crippen LogP contribution in [0.4, 0.5) is 5.82 Å². The van der Waals surface area contributed by atoms with Gasteiger partial charge in [-0.15, -0.1) is 0 Å². The number of amides is 1. The maximum absolute atomic E-state index is 12.5. The van der Waals surface area contributed by atoms with Crippen LogP contribution in [0.1, 0.15) is 37.8 Å². The van der Waals surface area contributed by atoms with Crippen molar-refractivity contribution < 1.29 is 23.5 Å². The zero-order valence-electron chi connectivity index (χ0n) is 18.3. The van der Waals surface area contributed by atoms with Gasteiger partial charge in [0.05, 0.1) is 19.2 Å². The van der Waals surface area contributed by atoms with Gasteiger partial charge >= 0.3 is 5.97 Å². The third-order valence-corrected chi connectivity index (χ3v) is 4.85. The Balaban J connectivity index is 1.31. The second-order valence-corrected chi connectivity index (χ2v) is 7.41. The second-order valence-electron chi connectivity index (χ2n) is 7.41. The predicted octanol–water partition coefficient (Wildman–Crippen LogP) is 4.45. The minimum absolute atomic E-state index is 0.135. The Morgan fingerprint density at radius 3 is 2.64 bits per heavy atom. The topological polar surface area (TPSA) is 95.6 Å². The molecule has 0 unspecified atom stereocenters. The van der Waals surface area contributed by atoms with Gasteiger partial charge in [-0.2, -0.15) is 5.10 Å². The lowest BCUT2D eigenvalue weighted by Gasteiger charge is -2.05. The van der Waals surface area contributed by atoms with Crippen molar-refractivity contribution in [2.75, 3.05) is 12.4 Å². The van der Waals surface area contributed by atoms with E-state index in [0.29, 0.717) is 29.4 Å². The van der Waals surface area contributed by atoms with Gasteiger partial charge < -0.3 is 19.2 Å². The normalized spacial score (nSPS) is 10.6. The molecule has 1 N–H and O–H groups in total. The van der Waals surface area contributed by atoms with Crippen molar-refractivity contribution >= 4 is 17.7 Å². The van der Waals surface area contributed by atoms with Crippen LogP contribution in [0.5, 0.6) is 5.75 Å². The SMILES string of the molecule is COC(=O)c1ccc(OCc2ccc(C(=O)Nc3ccn(Cc4cccc(C)c4)n3)o2)cc1. The summed E-state index contributed by atoms with van der Waals surface area (Å²) < 4.78 is 17.7. The van der Waals surface area contributed by atoms with Crippen LogP contribution >= 0.6 is 0 Å². The molecule has 168 valence electrons. The molecule has 0 saturated heterocycles. The van der Waals surface area contributed by atoms with Crippen molar-refractivity contribution in [2.45, 2.75) is 20.1 Å². The number of rotatable bonds is 8. The van der Waals surface area contributed by atoms with Gasteiger partial charge in [0.2, 0.25) is 0 Å². The summed E-state index contributed by atoms with van der Waals surface area (Å²) in [5.41, 5.74) is 2.75. The lowest BCUT2D eigenvalue weighted by atomic mass is 10.1. The Hall–Kier alpha value is -4.33. The standard InChI is InChI=1S/C25H23N3O5/c1-17-4-3-5-18(14-17)15-28-13-12-23(27-28)26-24(29)22-11-10-21(33-22)16-32-20-8-6-19(7-9-20)25(30)31-2/h3-14H,15-16H2,1-2H3,(H,26,27,29). The summed E-state index contributed by atoms with van der Waals surface area (Å²) >= 11 is 0. The van der Waals surface area contributed by atoms with E-state index >= 15 is 0 Å². The number of benzene rings is 2. The Bertz CT molecular complexity index is 1260. The van der Waals surface area contributed by atoms with E-state index in [-0.39, 0.29) is 12.4 Å². The average molecular weight is 445 g/mol. The summed E-state index contributed by atoms with van der Waals surface area (Å²) in [6.45, 7) is 2.79. The molecule has 4 aromatic rings. The van der Waals surface area contributed by atoms with Gasteiger partial charge in [-0.05, 0) is 48.9 Å². The number of ether oxygens (including phenoxy) is 2. The summed E-state index contributed by atoms with van der Waals surface area (Å²) in [7, 11) is 1.33. The number of anilines is 1. The predicted molar refractivity (Wildman–Crippen MR) is 121 cm³/mol. The molecule has 0 saturated carbocycles. The molecule has 2 aromatic heterocycles. The molecule has 0 atom stereocenters. The molecule has 0 aliphatic rings. The van der Waals surface area contributed by atoms with E-state index in [4.69, 9.17) is 9.15 Å². The number of aromatic nitrogens is 2. The van der Waals surface area contributed by atoms with Gasteiger partial charge in [0.1, 0.15) is 18.1 Å². The van der Waals surface area contributed by atoms with E-state index in [9.17, 15) is 9.59 Å². The fourth-order valence-electron chi connectivity index (χ4n) is 3.23. The van der Waals surface area contributed by atoms with Crippen molar-refractivity contribution in [1.29, 1.82) is 0 Å². The minimum atomic E-state index is -0.414. The van der Waals surface area contributed by atoms with E-state index < -0.39 is 11.9 Å². The zero-order valence-corrected chi connectivity index (χ0v) is 18.3. The molecule has 4 rings (SSSR count). The van der Waals surface area contributed by atoms with Gasteiger partial charge in [0.15, 0.2) is 11.6 Å². The Morgan fingerprint density at radius 2 is 1.88 bits per heavy atom. The third-order valence-electron chi connectivity index (χ3n) is 4.85. The monoisotopic (exact) mass is 445 g/mol. The number of esters is 1. The van der Waals surface area contributed by atoms with Crippen molar-refractivity contribution in [3.63, 3.8) is 0 Å². The Morgan fingerprint density at radius 1 is 1.06 bits per heavy atom. The van der Waals surface area contributed by atoms with E-state index in [2.05, 4.69) is 21.2 Å². The van der Waals surface area contributed by atoms with Crippen LogP contribution in [0.2, 0.25) is 0 Å². The fraction of sp³-hybridized carbons (Fsp3) is 0.160. The summed E-state index contributed by atoms with van der Waals surface area (Å²) in [6, 6.07) is 19.7. The largest absolute Gasteiger partial charge is 0.486 e. The number of methoxy groups -OCH3 is 1. The molecule has 8 nitrogen and oxygen atoms in total. The number of hydrogen-bond donors (Lipinski definition) is 1. The lowest BCUT2D eigenvalue weighted by Crippen LogP contribution is -2.12. The van der Waals surface area contributed by atoms with Crippen LogP contribution in [0.15, 0.2) is 77.3 Å². The van der Waals surface area contributed by atoms with Gasteiger partial charge in [-0.1, -0.05) is 29.8 Å². The van der Waals surface area contributed by atoms with E-state index in [1.54, 1.807) is 47.1 Å². The van der Waals surface area contributed by atoms with Crippen LogP contribution < -0.4 is 10.1 Å². The summed E-state index contributed by atoms with van der Waals surface area (Å²) in [4.78, 5) is 24.0. The molecular weight excluding hydrogens is 422 g/mol. The number of aryl methyl sites for hydroxylation is 1. The van der Waals surface area contributed by atoms with E-state index in [0.717, 1.165) is 5.56 Å². The molecule has 0 fully saturated rings. The van der Waals surface area contributed by atoms with E-state index in [1.807, 2.05) is 31.3 Å². The molecule has 33 heavy (non-hydrogen) atoms. The molecule has 2 heterocycles. The number of carbonyl (C=O) groups excluding carboxylic acids is 2. The van der Waals surface area contributed by atoms with Gasteiger partial charge in [0, 0.05) is 12.3 Å². The highest BCUT2D eigenvalue weighted by atomic mass is 16.5. The summed E-state index contributed by atoms with van der Waals surface area (Å²) in [6.07, 6.45) is 1.81. The summed E-state index contributed by atoms with van der Waals surface area (Å²) in [5, 5.41) is 7.13. The molecule has 8 heteroatoms. The van der Waals surface area contributed by atoms with Crippen molar-refractivity contribution in [1.82, 2.24) is 9.78 Å². The van der Waals surface area contributed by atoms with Crippen molar-refractivity contribution in [3.8, 4) is 5.75 Å². The van der Waals surface area contributed by atoms with Crippen LogP contribution in [0.25, 0.3) is 0 Å². The second kappa shape index (κ2) is 9.86. The molecular formula is C25H23N3O5. The first-order chi connectivity index (χ1) is 16.0. The molecule has 0 spiro atoms. The maximum Gasteiger partial charge on any atom is 0.337 e. The number of furan rings is 1. The molecule has 2 aromatic carbocycles. The van der Waals surface area contributed by atoms with E-state index in [1.165, 1.54) is 12.7 Å². The van der Waals surface area contributed by atoms with Crippen LogP contribution in [-0.4, -0.2) is 28.8 Å². The number of nitrogens with zero attached hydrogens (tertiary/aromatic N) is 2. The van der Waals surface area contributed by atoms with Crippen LogP contribution in [0, 0.1) is 6.92 Å². The molecule has 0 radical (unpaired) electrons. The maximum atomic E-state index is 12.5. The Kier molecular flexibility index (Phi) is 6.54. The minimum Gasteiger partial charge on any atom is -0.486 e. The molecule has 0 aliphatic carbocycles. The highest BCUT2D eigenvalue weighted by Crippen LogP contribution is 2.17. The molecule has 0 aliphatic heterocycles. The smallest absolute Gasteiger partial charge is 0.337 e. The van der Waals surface area contributed by atoms with Crippen molar-refractivity contribution in [3.05, 3.63) is 101 Å². The summed E-state index contributed by atoms with van der Waals surface area (Å²) in [5.74, 6) is 0.828. The van der Waals surface area contributed by atoms with Gasteiger partial charge in [0.25, 0.3) is 5.91 Å². The fourth-order valence-corrected chi connectivity index (χ4v) is 3.23. The first-order valence-electron chi connectivity index (χ1n) is 10.3. The zero-order chi connectivity index (χ0) is 23.2. The highest BCUT2D eigenvalue weighted by Gasteiger charge is 2.14. The lowest BCUT2D eigenvalue weighted by molar-refractivity contribution is 0.0600. The van der Waals surface area contributed by atoms with Gasteiger partial charge in [-0.25, -0.2) is 4.79 Å². The van der Waals surface area contributed by atoms with Crippen molar-refractivity contribution in [2.24, 2.45) is 0 Å². The average Bonchev–Trinajstić information content (AvgIpc) is 3.47. The van der Waals surface area contributed by atoms with Crippen LogP contribution in [0.3, 0.4) is 0 Å². The first-order valence-corrected chi connectivity index (χ1v) is 10.3. The Labute approximate surface area is 190 Å². The van der Waals surface area contributed by atoms with Crippen LogP contribution in [-0.2, 0) is 17.9 Å². The number of carbonyl (C=O) groups is 2. The highest BCUT2D eigenvalue weighted by molar-refractivity contribution is 6.01. The molecule has 0 bridgehead atoms.